The van der Waals surface area contributed by atoms with Crippen LogP contribution in [-0.2, 0) is 9.53 Å². The quantitative estimate of drug-likeness (QED) is 0.570. The van der Waals surface area contributed by atoms with Crippen LogP contribution in [-0.4, -0.2) is 34.9 Å². The van der Waals surface area contributed by atoms with Crippen LogP contribution in [0.5, 0.6) is 17.2 Å². The number of nitrogens with one attached hydrogen (secondary N) is 2. The first-order chi connectivity index (χ1) is 13.9. The van der Waals surface area contributed by atoms with Gasteiger partial charge < -0.3 is 29.3 Å². The molecule has 2 aromatic heterocycles. The van der Waals surface area contributed by atoms with E-state index in [1.54, 1.807) is 25.1 Å². The van der Waals surface area contributed by atoms with E-state index in [1.807, 2.05) is 0 Å². The first kappa shape index (κ1) is 18.6. The Morgan fingerprint density at radius 3 is 2.55 bits per heavy atom. The largest absolute Gasteiger partial charge is 0.507 e. The van der Waals surface area contributed by atoms with E-state index in [0.717, 1.165) is 0 Å². The van der Waals surface area contributed by atoms with Gasteiger partial charge in [-0.15, -0.1) is 0 Å². The number of esters is 1. The Morgan fingerprint density at radius 1 is 1.14 bits per heavy atom. The molecule has 4 rings (SSSR count). The fourth-order valence-corrected chi connectivity index (χ4v) is 3.51. The van der Waals surface area contributed by atoms with Gasteiger partial charge >= 0.3 is 5.97 Å². The lowest BCUT2D eigenvalue weighted by molar-refractivity contribution is -0.140. The Bertz CT molecular complexity index is 1240. The van der Waals surface area contributed by atoms with Crippen molar-refractivity contribution < 1.29 is 24.1 Å². The van der Waals surface area contributed by atoms with Gasteiger partial charge in [-0.3, -0.25) is 14.4 Å². The third-order valence-corrected chi connectivity index (χ3v) is 4.87. The molecule has 0 unspecified atom stereocenters. The number of carbonyl (C=O) groups is 1. The number of hydrogen-bond donors (Lipinski definition) is 3. The third-order valence-electron chi connectivity index (χ3n) is 4.87. The highest BCUT2D eigenvalue weighted by Crippen LogP contribution is 2.37. The number of methoxy groups -OCH3 is 1. The van der Waals surface area contributed by atoms with E-state index in [9.17, 15) is 19.5 Å². The predicted molar refractivity (Wildman–Crippen MR) is 103 cm³/mol. The molecule has 29 heavy (non-hydrogen) atoms. The molecule has 0 radical (unpaired) electrons. The fourth-order valence-electron chi connectivity index (χ4n) is 3.51. The second-order valence-corrected chi connectivity index (χ2v) is 6.76. The Balaban J connectivity index is 1.93. The lowest BCUT2D eigenvalue weighted by atomic mass is 9.88. The van der Waals surface area contributed by atoms with Gasteiger partial charge in [-0.1, -0.05) is 0 Å². The molecule has 3 aromatic rings. The molecule has 1 atom stereocenters. The smallest absolute Gasteiger partial charge is 0.306 e. The summed E-state index contributed by atoms with van der Waals surface area (Å²) in [5.41, 5.74) is -0.0423. The van der Waals surface area contributed by atoms with Gasteiger partial charge in [0, 0.05) is 28.6 Å². The van der Waals surface area contributed by atoms with Gasteiger partial charge in [0.2, 0.25) is 6.79 Å². The van der Waals surface area contributed by atoms with Crippen LogP contribution in [0.3, 0.4) is 0 Å². The van der Waals surface area contributed by atoms with Crippen LogP contribution < -0.4 is 20.6 Å². The number of rotatable bonds is 4. The van der Waals surface area contributed by atoms with E-state index in [4.69, 9.17) is 14.2 Å². The van der Waals surface area contributed by atoms with Gasteiger partial charge in [-0.25, -0.2) is 0 Å². The van der Waals surface area contributed by atoms with Gasteiger partial charge in [0.25, 0.3) is 11.1 Å². The lowest BCUT2D eigenvalue weighted by Crippen LogP contribution is -2.25. The number of fused-ring (bicyclic) bond motifs is 2. The topological polar surface area (TPSA) is 131 Å². The molecule has 3 N–H and O–H groups in total. The maximum absolute atomic E-state index is 12.8. The summed E-state index contributed by atoms with van der Waals surface area (Å²) >= 11 is 0. The zero-order valence-corrected chi connectivity index (χ0v) is 15.7. The Morgan fingerprint density at radius 2 is 1.86 bits per heavy atom. The van der Waals surface area contributed by atoms with E-state index >= 15 is 0 Å². The molecule has 0 spiro atoms. The first-order valence-corrected chi connectivity index (χ1v) is 8.83. The standard InChI is InChI=1S/C20H18N2O7/c1-9-3-14(23)18(20(26)21-9)11(6-17(24)27-2)12-4-10-5-15-16(29-8-28-15)7-13(10)22-19(12)25/h3-5,7,11H,6,8H2,1-2H3,(H,22,25)(H2,21,23,26)/t11-/m1/s1. The average molecular weight is 398 g/mol. The maximum atomic E-state index is 12.8. The summed E-state index contributed by atoms with van der Waals surface area (Å²) in [5, 5.41) is 11.0. The zero-order valence-electron chi connectivity index (χ0n) is 15.7. The molecule has 0 bridgehead atoms. The van der Waals surface area contributed by atoms with Crippen molar-refractivity contribution in [3.05, 3.63) is 61.8 Å². The molecule has 3 heterocycles. The maximum Gasteiger partial charge on any atom is 0.306 e. The van der Waals surface area contributed by atoms with Crippen molar-refractivity contribution >= 4 is 16.9 Å². The Hall–Kier alpha value is -3.75. The van der Waals surface area contributed by atoms with Crippen molar-refractivity contribution in [2.24, 2.45) is 0 Å². The molecule has 1 aliphatic rings. The number of hydrogen-bond acceptors (Lipinski definition) is 7. The lowest BCUT2D eigenvalue weighted by Gasteiger charge is -2.17. The number of H-pyrrole nitrogens is 2. The summed E-state index contributed by atoms with van der Waals surface area (Å²) in [4.78, 5) is 42.8. The molecule has 9 heteroatoms. The van der Waals surface area contributed by atoms with Crippen LogP contribution in [0, 0.1) is 6.92 Å². The zero-order chi connectivity index (χ0) is 20.7. The van der Waals surface area contributed by atoms with Crippen molar-refractivity contribution in [2.45, 2.75) is 19.3 Å². The summed E-state index contributed by atoms with van der Waals surface area (Å²) in [5.74, 6) is -0.897. The number of pyridine rings is 2. The van der Waals surface area contributed by atoms with Crippen molar-refractivity contribution in [1.82, 2.24) is 9.97 Å². The summed E-state index contributed by atoms with van der Waals surface area (Å²) in [6.45, 7) is 1.70. The van der Waals surface area contributed by atoms with Gasteiger partial charge in [-0.05, 0) is 25.1 Å². The van der Waals surface area contributed by atoms with E-state index in [2.05, 4.69) is 9.97 Å². The van der Waals surface area contributed by atoms with Gasteiger partial charge in [-0.2, -0.15) is 0 Å². The molecule has 0 aliphatic carbocycles. The number of benzene rings is 1. The minimum absolute atomic E-state index is 0.0772. The summed E-state index contributed by atoms with van der Waals surface area (Å²) in [7, 11) is 1.21. The average Bonchev–Trinajstić information content (AvgIpc) is 3.11. The number of carbonyl (C=O) groups excluding carboxylic acids is 1. The molecule has 1 aliphatic heterocycles. The Kier molecular flexibility index (Phi) is 4.50. The molecule has 0 saturated carbocycles. The normalized spacial score (nSPS) is 13.4. The SMILES string of the molecule is COC(=O)C[C@H](c1cc2cc3c(cc2[nH]c1=O)OCO3)c1c(O)cc(C)[nH]c1=O. The van der Waals surface area contributed by atoms with Crippen LogP contribution in [0.4, 0.5) is 0 Å². The fraction of sp³-hybridized carbons (Fsp3) is 0.250. The molecule has 0 fully saturated rings. The van der Waals surface area contributed by atoms with Crippen molar-refractivity contribution in [3.63, 3.8) is 0 Å². The minimum Gasteiger partial charge on any atom is -0.507 e. The van der Waals surface area contributed by atoms with Crippen molar-refractivity contribution in [3.8, 4) is 17.2 Å². The van der Waals surface area contributed by atoms with E-state index in [-0.39, 0.29) is 30.1 Å². The number of aromatic nitrogens is 2. The number of aryl methyl sites for hydroxylation is 1. The third kappa shape index (κ3) is 3.31. The molecule has 0 saturated heterocycles. The highest BCUT2D eigenvalue weighted by molar-refractivity contribution is 5.84. The predicted octanol–water partition coefficient (Wildman–Crippen LogP) is 1.65. The van der Waals surface area contributed by atoms with Crippen LogP contribution in [0.15, 0.2) is 33.9 Å². The molecule has 150 valence electrons. The highest BCUT2D eigenvalue weighted by atomic mass is 16.7. The van der Waals surface area contributed by atoms with Crippen LogP contribution >= 0.6 is 0 Å². The highest BCUT2D eigenvalue weighted by Gasteiger charge is 2.28. The molecular weight excluding hydrogens is 380 g/mol. The summed E-state index contributed by atoms with van der Waals surface area (Å²) in [6.07, 6.45) is -0.296. The van der Waals surface area contributed by atoms with Crippen molar-refractivity contribution in [2.75, 3.05) is 13.9 Å². The van der Waals surface area contributed by atoms with Gasteiger partial charge in [0.05, 0.1) is 24.6 Å². The second-order valence-electron chi connectivity index (χ2n) is 6.76. The number of aromatic hydroxyl groups is 1. The monoisotopic (exact) mass is 398 g/mol. The van der Waals surface area contributed by atoms with Crippen molar-refractivity contribution in [1.29, 1.82) is 0 Å². The Labute approximate surface area is 163 Å². The molecule has 1 aromatic carbocycles. The molecular formula is C20H18N2O7. The summed E-state index contributed by atoms with van der Waals surface area (Å²) < 4.78 is 15.4. The molecule has 0 amide bonds. The molecule has 9 nitrogen and oxygen atoms in total. The minimum atomic E-state index is -1.01. The number of ether oxygens (including phenoxy) is 3. The van der Waals surface area contributed by atoms with E-state index < -0.39 is 23.0 Å². The van der Waals surface area contributed by atoms with Gasteiger partial charge in [0.15, 0.2) is 11.5 Å². The first-order valence-electron chi connectivity index (χ1n) is 8.83. The van der Waals surface area contributed by atoms with E-state index in [0.29, 0.717) is 28.1 Å². The van der Waals surface area contributed by atoms with Crippen LogP contribution in [0.2, 0.25) is 0 Å². The second kappa shape index (κ2) is 7.01. The summed E-state index contributed by atoms with van der Waals surface area (Å²) in [6, 6.07) is 6.29. The number of aromatic amines is 2. The van der Waals surface area contributed by atoms with Crippen LogP contribution in [0.25, 0.3) is 10.9 Å². The van der Waals surface area contributed by atoms with E-state index in [1.165, 1.54) is 13.2 Å². The van der Waals surface area contributed by atoms with Gasteiger partial charge in [0.1, 0.15) is 5.75 Å². The van der Waals surface area contributed by atoms with Crippen LogP contribution in [0.1, 0.15) is 29.2 Å².